The second-order valence-corrected chi connectivity index (χ2v) is 7.01. The number of para-hydroxylation sites is 1. The van der Waals surface area contributed by atoms with Crippen LogP contribution in [0.25, 0.3) is 0 Å². The highest BCUT2D eigenvalue weighted by molar-refractivity contribution is 6.04. The summed E-state index contributed by atoms with van der Waals surface area (Å²) in [4.78, 5) is 39.3. The maximum atomic E-state index is 12.7. The predicted molar refractivity (Wildman–Crippen MR) is 119 cm³/mol. The molecule has 30 heavy (non-hydrogen) atoms. The van der Waals surface area contributed by atoms with Crippen molar-refractivity contribution in [3.63, 3.8) is 0 Å². The van der Waals surface area contributed by atoms with Gasteiger partial charge in [-0.2, -0.15) is 0 Å². The van der Waals surface area contributed by atoms with Crippen molar-refractivity contribution >= 4 is 35.8 Å². The fourth-order valence-corrected chi connectivity index (χ4v) is 3.41. The molecule has 0 radical (unpaired) electrons. The standard InChI is InChI=1S/C22H26N4O3.ClH/c23-12-13-24-21(28)18-8-4-5-9-19(18)25-20(27)16-10-14-26(15-11-16)22(29)17-6-2-1-3-7-17;/h1-9,16H,10-15,23H2,(H,24,28)(H,25,27);1H. The molecule has 1 heterocycles. The van der Waals surface area contributed by atoms with Crippen LogP contribution in [0, 0.1) is 5.92 Å². The van der Waals surface area contributed by atoms with Gasteiger partial charge in [0.2, 0.25) is 5.91 Å². The van der Waals surface area contributed by atoms with Crippen molar-refractivity contribution in [2.75, 3.05) is 31.5 Å². The highest BCUT2D eigenvalue weighted by atomic mass is 35.5. The summed E-state index contributed by atoms with van der Waals surface area (Å²) in [5.74, 6) is -0.605. The number of piperidine rings is 1. The fourth-order valence-electron chi connectivity index (χ4n) is 3.41. The zero-order chi connectivity index (χ0) is 20.6. The summed E-state index contributed by atoms with van der Waals surface area (Å²) in [5.41, 5.74) is 6.98. The van der Waals surface area contributed by atoms with E-state index >= 15 is 0 Å². The van der Waals surface area contributed by atoms with Crippen LogP contribution in [-0.2, 0) is 4.79 Å². The van der Waals surface area contributed by atoms with Gasteiger partial charge in [-0.05, 0) is 37.1 Å². The van der Waals surface area contributed by atoms with Crippen LogP contribution >= 0.6 is 12.4 Å². The molecule has 1 aliphatic heterocycles. The molecule has 1 aliphatic rings. The van der Waals surface area contributed by atoms with Crippen molar-refractivity contribution in [2.45, 2.75) is 12.8 Å². The number of nitrogens with zero attached hydrogens (tertiary/aromatic N) is 1. The van der Waals surface area contributed by atoms with Crippen LogP contribution in [0.2, 0.25) is 0 Å². The monoisotopic (exact) mass is 430 g/mol. The molecular formula is C22H27ClN4O3. The smallest absolute Gasteiger partial charge is 0.253 e. The second kappa shape index (κ2) is 11.3. The fraction of sp³-hybridized carbons (Fsp3) is 0.318. The molecule has 0 aliphatic carbocycles. The minimum absolute atomic E-state index is 0. The third-order valence-corrected chi connectivity index (χ3v) is 5.03. The lowest BCUT2D eigenvalue weighted by atomic mass is 9.95. The Morgan fingerprint density at radius 2 is 1.60 bits per heavy atom. The summed E-state index contributed by atoms with van der Waals surface area (Å²) in [6.45, 7) is 1.78. The number of likely N-dealkylation sites (tertiary alicyclic amines) is 1. The molecule has 1 fully saturated rings. The molecule has 4 N–H and O–H groups in total. The molecule has 8 heteroatoms. The Bertz CT molecular complexity index is 868. The predicted octanol–water partition coefficient (Wildman–Crippen LogP) is 2.29. The number of halogens is 1. The molecule has 0 unspecified atom stereocenters. The Morgan fingerprint density at radius 1 is 0.967 bits per heavy atom. The number of amides is 3. The van der Waals surface area contributed by atoms with Gasteiger partial charge >= 0.3 is 0 Å². The van der Waals surface area contributed by atoms with E-state index in [2.05, 4.69) is 10.6 Å². The second-order valence-electron chi connectivity index (χ2n) is 7.01. The number of nitrogens with one attached hydrogen (secondary N) is 2. The molecule has 3 rings (SSSR count). The number of carbonyl (C=O) groups excluding carboxylic acids is 3. The summed E-state index contributed by atoms with van der Waals surface area (Å²) < 4.78 is 0. The van der Waals surface area contributed by atoms with E-state index in [-0.39, 0.29) is 36.0 Å². The van der Waals surface area contributed by atoms with Crippen LogP contribution in [0.3, 0.4) is 0 Å². The van der Waals surface area contributed by atoms with Crippen molar-refractivity contribution in [2.24, 2.45) is 11.7 Å². The van der Waals surface area contributed by atoms with Gasteiger partial charge < -0.3 is 21.3 Å². The molecule has 2 aromatic rings. The highest BCUT2D eigenvalue weighted by Gasteiger charge is 2.28. The van der Waals surface area contributed by atoms with Crippen molar-refractivity contribution in [1.29, 1.82) is 0 Å². The van der Waals surface area contributed by atoms with E-state index in [4.69, 9.17) is 5.73 Å². The van der Waals surface area contributed by atoms with Crippen molar-refractivity contribution in [3.8, 4) is 0 Å². The van der Waals surface area contributed by atoms with Gasteiger partial charge in [-0.25, -0.2) is 0 Å². The van der Waals surface area contributed by atoms with Crippen molar-refractivity contribution < 1.29 is 14.4 Å². The van der Waals surface area contributed by atoms with E-state index in [1.807, 2.05) is 18.2 Å². The Balaban J connectivity index is 0.00000320. The van der Waals surface area contributed by atoms with Crippen LogP contribution in [0.15, 0.2) is 54.6 Å². The first-order valence-electron chi connectivity index (χ1n) is 9.82. The Labute approximate surface area is 182 Å². The van der Waals surface area contributed by atoms with Gasteiger partial charge in [-0.3, -0.25) is 14.4 Å². The topological polar surface area (TPSA) is 105 Å². The number of carbonyl (C=O) groups is 3. The summed E-state index contributed by atoms with van der Waals surface area (Å²) in [7, 11) is 0. The Kier molecular flexibility index (Phi) is 8.83. The number of nitrogens with two attached hydrogens (primary N) is 1. The molecule has 160 valence electrons. The number of benzene rings is 2. The van der Waals surface area contributed by atoms with Crippen LogP contribution in [0.5, 0.6) is 0 Å². The zero-order valence-electron chi connectivity index (χ0n) is 16.7. The van der Waals surface area contributed by atoms with Crippen molar-refractivity contribution in [1.82, 2.24) is 10.2 Å². The lowest BCUT2D eigenvalue weighted by Gasteiger charge is -2.31. The van der Waals surface area contributed by atoms with E-state index in [0.29, 0.717) is 55.8 Å². The lowest BCUT2D eigenvalue weighted by Crippen LogP contribution is -2.41. The molecule has 2 aromatic carbocycles. The van der Waals surface area contributed by atoms with Crippen LogP contribution in [0.4, 0.5) is 5.69 Å². The summed E-state index contributed by atoms with van der Waals surface area (Å²) >= 11 is 0. The minimum atomic E-state index is -0.269. The number of rotatable bonds is 6. The van der Waals surface area contributed by atoms with Gasteiger partial charge in [0, 0.05) is 37.7 Å². The third-order valence-electron chi connectivity index (χ3n) is 5.03. The molecule has 3 amide bonds. The van der Waals surface area contributed by atoms with Crippen LogP contribution in [-0.4, -0.2) is 48.8 Å². The number of hydrogen-bond donors (Lipinski definition) is 3. The zero-order valence-corrected chi connectivity index (χ0v) is 17.5. The van der Waals surface area contributed by atoms with Crippen LogP contribution < -0.4 is 16.4 Å². The first kappa shape index (κ1) is 23.4. The molecule has 0 aromatic heterocycles. The largest absolute Gasteiger partial charge is 0.351 e. The lowest BCUT2D eigenvalue weighted by molar-refractivity contribution is -0.121. The van der Waals surface area contributed by atoms with Gasteiger partial charge in [0.15, 0.2) is 0 Å². The van der Waals surface area contributed by atoms with E-state index in [1.165, 1.54) is 0 Å². The molecule has 1 saturated heterocycles. The van der Waals surface area contributed by atoms with E-state index in [9.17, 15) is 14.4 Å². The number of hydrogen-bond acceptors (Lipinski definition) is 4. The van der Waals surface area contributed by atoms with Crippen LogP contribution in [0.1, 0.15) is 33.6 Å². The first-order chi connectivity index (χ1) is 14.1. The average molecular weight is 431 g/mol. The first-order valence-corrected chi connectivity index (χ1v) is 9.82. The molecule has 0 atom stereocenters. The van der Waals surface area contributed by atoms with Gasteiger partial charge in [-0.1, -0.05) is 30.3 Å². The molecule has 0 spiro atoms. The molecule has 0 saturated carbocycles. The summed E-state index contributed by atoms with van der Waals surface area (Å²) in [6, 6.07) is 16.1. The maximum absolute atomic E-state index is 12.7. The summed E-state index contributed by atoms with van der Waals surface area (Å²) in [5, 5.41) is 5.60. The van der Waals surface area contributed by atoms with Gasteiger partial charge in [0.05, 0.1) is 11.3 Å². The maximum Gasteiger partial charge on any atom is 0.253 e. The van der Waals surface area contributed by atoms with Crippen molar-refractivity contribution in [3.05, 3.63) is 65.7 Å². The van der Waals surface area contributed by atoms with E-state index < -0.39 is 0 Å². The molecule has 7 nitrogen and oxygen atoms in total. The quantitative estimate of drug-likeness (QED) is 0.653. The Hall–Kier alpha value is -2.90. The summed E-state index contributed by atoms with van der Waals surface area (Å²) in [6.07, 6.45) is 1.18. The van der Waals surface area contributed by atoms with E-state index in [0.717, 1.165) is 0 Å². The molecule has 0 bridgehead atoms. The average Bonchev–Trinajstić information content (AvgIpc) is 2.78. The third kappa shape index (κ3) is 5.81. The van der Waals surface area contributed by atoms with Gasteiger partial charge in [-0.15, -0.1) is 12.4 Å². The normalized spacial score (nSPS) is 13.8. The highest BCUT2D eigenvalue weighted by Crippen LogP contribution is 2.22. The van der Waals surface area contributed by atoms with Gasteiger partial charge in [0.1, 0.15) is 0 Å². The number of anilines is 1. The minimum Gasteiger partial charge on any atom is -0.351 e. The van der Waals surface area contributed by atoms with Gasteiger partial charge in [0.25, 0.3) is 11.8 Å². The Morgan fingerprint density at radius 3 is 2.27 bits per heavy atom. The van der Waals surface area contributed by atoms with E-state index in [1.54, 1.807) is 41.3 Å². The molecular weight excluding hydrogens is 404 g/mol. The SMILES string of the molecule is Cl.NCCNC(=O)c1ccccc1NC(=O)C1CCN(C(=O)c2ccccc2)CC1.